The number of unbranched alkanes of at least 4 members (excludes halogenated alkanes) is 7. The van der Waals surface area contributed by atoms with Crippen molar-refractivity contribution in [1.82, 2.24) is 30.2 Å². The number of fused-ring (bicyclic) bond motifs is 1. The molecule has 2 aromatic heterocycles. The van der Waals surface area contributed by atoms with Gasteiger partial charge in [0.2, 0.25) is 11.8 Å². The van der Waals surface area contributed by atoms with Crippen LogP contribution >= 0.6 is 35.2 Å². The van der Waals surface area contributed by atoms with Gasteiger partial charge in [0, 0.05) is 37.1 Å². The van der Waals surface area contributed by atoms with Gasteiger partial charge in [-0.1, -0.05) is 81.8 Å². The Hall–Kier alpha value is -3.22. The van der Waals surface area contributed by atoms with E-state index in [9.17, 15) is 57.9 Å². The second-order valence-electron chi connectivity index (χ2n) is 16.6. The number of nitrogens with two attached hydrogens (primary N) is 1. The van der Waals surface area contributed by atoms with Crippen molar-refractivity contribution in [2.75, 3.05) is 37.8 Å². The van der Waals surface area contributed by atoms with Crippen LogP contribution < -0.4 is 16.4 Å². The predicted octanol–water partition coefficient (Wildman–Crippen LogP) is 5.03. The van der Waals surface area contributed by atoms with E-state index in [1.165, 1.54) is 33.1 Å². The number of imidazole rings is 1. The third-order valence-electron chi connectivity index (χ3n) is 10.3. The van der Waals surface area contributed by atoms with E-state index < -0.39 is 84.6 Å². The van der Waals surface area contributed by atoms with Gasteiger partial charge in [0.1, 0.15) is 36.3 Å². The van der Waals surface area contributed by atoms with Crippen molar-refractivity contribution in [1.29, 1.82) is 0 Å². The standard InChI is InChI=1S/C41H68N7O17P3S/c1-4-5-6-7-8-9-10-11-12-13-14-15-16-17-18-19-20-21-32(50)69-25-24-43-31(49)22-23-44-39(53)36(52)41(2,3)27-62-68(59,60)65-67(57,58)61-26-30-35(64-66(54,55)56)34(51)40(63-30)48-29-47-33-37(42)45-28-46-38(33)48/h8-9,11-12,17-18,28-30,34-36,40,51-52H,4-7,10,13-16,19-27H2,1-3H3,(H,43,49)(H,44,53)(H,57,58)(H,59,60)(H2,42,45,46)(H2,54,55,56)/b9-8-,12-11-,18-17-/t30-,34-,35-,36+,40-/m1/s1. The van der Waals surface area contributed by atoms with Crippen molar-refractivity contribution in [2.45, 2.75) is 135 Å². The molecule has 1 aliphatic heterocycles. The topological polar surface area (TPSA) is 364 Å². The first-order valence-corrected chi connectivity index (χ1v) is 28.1. The van der Waals surface area contributed by atoms with Gasteiger partial charge in [-0.3, -0.25) is 32.5 Å². The number of thioether (sulfide) groups is 1. The lowest BCUT2D eigenvalue weighted by atomic mass is 9.87. The van der Waals surface area contributed by atoms with Crippen molar-refractivity contribution in [2.24, 2.45) is 5.41 Å². The van der Waals surface area contributed by atoms with E-state index in [4.69, 9.17) is 19.5 Å². The fourth-order valence-electron chi connectivity index (χ4n) is 6.51. The van der Waals surface area contributed by atoms with Gasteiger partial charge < -0.3 is 50.9 Å². The van der Waals surface area contributed by atoms with E-state index in [0.29, 0.717) is 12.2 Å². The van der Waals surface area contributed by atoms with Gasteiger partial charge in [-0.05, 0) is 57.8 Å². The number of rotatable bonds is 34. The number of aromatic nitrogens is 4. The summed E-state index contributed by atoms with van der Waals surface area (Å²) in [5, 5.41) is 26.6. The molecular formula is C41H68N7O17P3S. The molecular weight excluding hydrogens is 987 g/mol. The maximum atomic E-state index is 12.7. The lowest BCUT2D eigenvalue weighted by molar-refractivity contribution is -0.137. The van der Waals surface area contributed by atoms with Crippen LogP contribution in [0.25, 0.3) is 11.2 Å². The quantitative estimate of drug-likeness (QED) is 0.0252. The zero-order chi connectivity index (χ0) is 51.1. The van der Waals surface area contributed by atoms with E-state index in [0.717, 1.165) is 80.4 Å². The third-order valence-corrected chi connectivity index (χ3v) is 14.3. The van der Waals surface area contributed by atoms with Crippen LogP contribution in [0.15, 0.2) is 49.1 Å². The first kappa shape index (κ1) is 60.1. The average molecular weight is 1060 g/mol. The van der Waals surface area contributed by atoms with Crippen LogP contribution in [0.3, 0.4) is 0 Å². The van der Waals surface area contributed by atoms with Crippen LogP contribution in [0.1, 0.15) is 110 Å². The Kier molecular flexibility index (Phi) is 26.1. The number of carbonyl (C=O) groups is 3. The number of hydrogen-bond acceptors (Lipinski definition) is 18. The van der Waals surface area contributed by atoms with Crippen LogP contribution in [0.2, 0.25) is 0 Å². The van der Waals surface area contributed by atoms with E-state index >= 15 is 0 Å². The molecule has 0 bridgehead atoms. The second kappa shape index (κ2) is 30.0. The van der Waals surface area contributed by atoms with Gasteiger partial charge in [-0.25, -0.2) is 28.6 Å². The molecule has 2 amide bonds. The van der Waals surface area contributed by atoms with E-state index in [1.54, 1.807) is 0 Å². The van der Waals surface area contributed by atoms with Gasteiger partial charge in [0.25, 0.3) is 0 Å². The number of phosphoric ester groups is 3. The molecule has 0 saturated carbocycles. The molecule has 390 valence electrons. The van der Waals surface area contributed by atoms with Crippen molar-refractivity contribution in [3.05, 3.63) is 49.1 Å². The lowest BCUT2D eigenvalue weighted by Gasteiger charge is -2.30. The first-order chi connectivity index (χ1) is 32.6. The molecule has 2 aromatic rings. The lowest BCUT2D eigenvalue weighted by Crippen LogP contribution is -2.46. The van der Waals surface area contributed by atoms with Crippen LogP contribution in [-0.4, -0.2) is 123 Å². The summed E-state index contributed by atoms with van der Waals surface area (Å²) in [6, 6.07) is 0. The molecule has 24 nitrogen and oxygen atoms in total. The number of ether oxygens (including phenoxy) is 1. The Labute approximate surface area is 405 Å². The molecule has 0 spiro atoms. The summed E-state index contributed by atoms with van der Waals surface area (Å²) in [5.74, 6) is -1.07. The van der Waals surface area contributed by atoms with Gasteiger partial charge in [-0.2, -0.15) is 4.31 Å². The van der Waals surface area contributed by atoms with Crippen LogP contribution in [-0.2, 0) is 50.7 Å². The number of nitrogen functional groups attached to an aromatic ring is 1. The smallest absolute Gasteiger partial charge is 0.386 e. The van der Waals surface area contributed by atoms with Gasteiger partial charge in [0.15, 0.2) is 22.8 Å². The largest absolute Gasteiger partial charge is 0.481 e. The van der Waals surface area contributed by atoms with Crippen LogP contribution in [0.5, 0.6) is 0 Å². The molecule has 69 heavy (non-hydrogen) atoms. The van der Waals surface area contributed by atoms with Crippen LogP contribution in [0.4, 0.5) is 5.82 Å². The van der Waals surface area contributed by atoms with Crippen molar-refractivity contribution in [3.63, 3.8) is 0 Å². The molecule has 28 heteroatoms. The van der Waals surface area contributed by atoms with Gasteiger partial charge >= 0.3 is 23.5 Å². The SMILES string of the molecule is CCCCC/C=C\C/C=C\CCCC/C=C\CCCC(=O)SCCNC(=O)CCNC(=O)[C@H](O)C(C)(C)COP(=O)(O)OP(=O)(O)OC[C@H]1O[C@@H](n2cnc3c(N)ncnc32)[C@H](O)[C@@H]1OP(=O)(O)O. The highest BCUT2D eigenvalue weighted by Crippen LogP contribution is 2.61. The molecule has 1 fully saturated rings. The molecule has 1 saturated heterocycles. The predicted molar refractivity (Wildman–Crippen MR) is 256 cm³/mol. The van der Waals surface area contributed by atoms with Gasteiger partial charge in [-0.15, -0.1) is 0 Å². The summed E-state index contributed by atoms with van der Waals surface area (Å²) in [4.78, 5) is 88.4. The summed E-state index contributed by atoms with van der Waals surface area (Å²) in [7, 11) is -16.4. The minimum absolute atomic E-state index is 0.0252. The fourth-order valence-corrected chi connectivity index (χ4v) is 10.1. The molecule has 10 N–H and O–H groups in total. The highest BCUT2D eigenvalue weighted by molar-refractivity contribution is 8.13. The molecule has 1 aliphatic rings. The maximum absolute atomic E-state index is 12.7. The molecule has 7 atom stereocenters. The molecule has 3 rings (SSSR count). The number of aliphatic hydroxyl groups is 2. The van der Waals surface area contributed by atoms with E-state index in [1.807, 2.05) is 0 Å². The van der Waals surface area contributed by atoms with E-state index in [2.05, 4.69) is 77.8 Å². The number of allylic oxidation sites excluding steroid dienone is 6. The Bertz CT molecular complexity index is 2170. The zero-order valence-electron chi connectivity index (χ0n) is 39.0. The summed E-state index contributed by atoms with van der Waals surface area (Å²) in [5.41, 5.74) is 4.28. The fraction of sp³-hybridized carbons (Fsp3) is 0.659. The average Bonchev–Trinajstić information content (AvgIpc) is 3.84. The molecule has 0 radical (unpaired) electrons. The summed E-state index contributed by atoms with van der Waals surface area (Å²) in [6.07, 6.45) is 18.6. The van der Waals surface area contributed by atoms with E-state index in [-0.39, 0.29) is 41.6 Å². The highest BCUT2D eigenvalue weighted by atomic mass is 32.2. The van der Waals surface area contributed by atoms with Crippen molar-refractivity contribution < 1.29 is 80.5 Å². The highest BCUT2D eigenvalue weighted by Gasteiger charge is 2.50. The van der Waals surface area contributed by atoms with Crippen molar-refractivity contribution >= 4 is 69.1 Å². The number of hydrogen-bond donors (Lipinski definition) is 9. The molecule has 2 unspecified atom stereocenters. The number of carbonyl (C=O) groups excluding carboxylic acids is 3. The molecule has 0 aliphatic carbocycles. The van der Waals surface area contributed by atoms with Gasteiger partial charge in [0.05, 0.1) is 19.5 Å². The number of nitrogens with one attached hydrogen (secondary N) is 2. The molecule has 0 aromatic carbocycles. The second-order valence-corrected chi connectivity index (χ2v) is 22.0. The molecule has 3 heterocycles. The van der Waals surface area contributed by atoms with Crippen molar-refractivity contribution in [3.8, 4) is 0 Å². The maximum Gasteiger partial charge on any atom is 0.481 e. The summed E-state index contributed by atoms with van der Waals surface area (Å²) in [6.45, 7) is 2.74. The Morgan fingerprint density at radius 1 is 0.884 bits per heavy atom. The number of anilines is 1. The summed E-state index contributed by atoms with van der Waals surface area (Å²) >= 11 is 1.12. The third kappa shape index (κ3) is 22.8. The minimum Gasteiger partial charge on any atom is -0.386 e. The number of amides is 2. The Morgan fingerprint density at radius 3 is 2.16 bits per heavy atom. The normalized spacial score (nSPS) is 20.2. The Morgan fingerprint density at radius 2 is 1.51 bits per heavy atom. The number of phosphoric acid groups is 3. The van der Waals surface area contributed by atoms with Crippen LogP contribution in [0, 0.1) is 5.41 Å². The number of aliphatic hydroxyl groups excluding tert-OH is 2. The zero-order valence-corrected chi connectivity index (χ0v) is 42.5. The Balaban J connectivity index is 1.29. The first-order valence-electron chi connectivity index (χ1n) is 22.6. The number of nitrogens with zero attached hydrogens (tertiary/aromatic N) is 4. The monoisotopic (exact) mass is 1060 g/mol. The minimum atomic E-state index is -5.58. The summed E-state index contributed by atoms with van der Waals surface area (Å²) < 4.78 is 62.4.